The van der Waals surface area contributed by atoms with Crippen molar-refractivity contribution in [3.8, 4) is 0 Å². The zero-order valence-electron chi connectivity index (χ0n) is 13.8. The van der Waals surface area contributed by atoms with Gasteiger partial charge in [0.15, 0.2) is 5.11 Å². The summed E-state index contributed by atoms with van der Waals surface area (Å²) in [6.45, 7) is 2.35. The van der Waals surface area contributed by atoms with Crippen LogP contribution in [0.4, 0.5) is 11.4 Å². The number of para-hydroxylation sites is 1. The Balaban J connectivity index is 2.02. The van der Waals surface area contributed by atoms with Crippen molar-refractivity contribution in [3.63, 3.8) is 0 Å². The van der Waals surface area contributed by atoms with Gasteiger partial charge >= 0.3 is 0 Å². The van der Waals surface area contributed by atoms with Gasteiger partial charge in [0.1, 0.15) is 5.56 Å². The number of nitro benzene ring substituents is 1. The summed E-state index contributed by atoms with van der Waals surface area (Å²) in [5, 5.41) is 18.8. The molecule has 2 amide bonds. The van der Waals surface area contributed by atoms with Crippen LogP contribution in [0.1, 0.15) is 27.6 Å². The molecule has 134 valence electrons. The summed E-state index contributed by atoms with van der Waals surface area (Å²) >= 11 is 5.06. The second kappa shape index (κ2) is 8.67. The third-order valence-electron chi connectivity index (χ3n) is 3.31. The lowest BCUT2D eigenvalue weighted by molar-refractivity contribution is -0.385. The first-order valence-corrected chi connectivity index (χ1v) is 8.07. The molecule has 8 nitrogen and oxygen atoms in total. The first kappa shape index (κ1) is 19.0. The molecule has 26 heavy (non-hydrogen) atoms. The standard InChI is InChI=1S/C17H16N4O4S/c1-2-18-15(22)11-7-9-12(10-8-11)19-17(26)20-16(23)13-5-3-4-6-14(13)21(24)25/h3-10H,2H2,1H3,(H,18,22)(H2,19,20,23,26). The smallest absolute Gasteiger partial charge is 0.282 e. The number of anilines is 1. The van der Waals surface area contributed by atoms with Crippen molar-refractivity contribution in [2.75, 3.05) is 11.9 Å². The highest BCUT2D eigenvalue weighted by Gasteiger charge is 2.19. The molecule has 0 saturated heterocycles. The van der Waals surface area contributed by atoms with E-state index in [1.54, 1.807) is 24.3 Å². The average Bonchev–Trinajstić information content (AvgIpc) is 2.62. The molecule has 2 aromatic carbocycles. The highest BCUT2D eigenvalue weighted by molar-refractivity contribution is 7.80. The van der Waals surface area contributed by atoms with E-state index in [1.165, 1.54) is 24.3 Å². The van der Waals surface area contributed by atoms with E-state index in [9.17, 15) is 19.7 Å². The number of benzene rings is 2. The molecule has 9 heteroatoms. The predicted octanol–water partition coefficient (Wildman–Crippen LogP) is 2.47. The van der Waals surface area contributed by atoms with E-state index in [2.05, 4.69) is 16.0 Å². The zero-order valence-corrected chi connectivity index (χ0v) is 14.6. The molecule has 0 aromatic heterocycles. The summed E-state index contributed by atoms with van der Waals surface area (Å²) in [6, 6.07) is 12.1. The lowest BCUT2D eigenvalue weighted by Crippen LogP contribution is -2.34. The van der Waals surface area contributed by atoms with Crippen LogP contribution in [0.3, 0.4) is 0 Å². The highest BCUT2D eigenvalue weighted by Crippen LogP contribution is 2.17. The van der Waals surface area contributed by atoms with Gasteiger partial charge in [-0.1, -0.05) is 12.1 Å². The number of rotatable bonds is 5. The predicted molar refractivity (Wildman–Crippen MR) is 101 cm³/mol. The third kappa shape index (κ3) is 4.84. The van der Waals surface area contributed by atoms with Gasteiger partial charge in [0.25, 0.3) is 17.5 Å². The van der Waals surface area contributed by atoms with Crippen molar-refractivity contribution < 1.29 is 14.5 Å². The molecule has 3 N–H and O–H groups in total. The Kier molecular flexibility index (Phi) is 6.34. The Bertz CT molecular complexity index is 852. The monoisotopic (exact) mass is 372 g/mol. The zero-order chi connectivity index (χ0) is 19.1. The minimum atomic E-state index is -0.686. The lowest BCUT2D eigenvalue weighted by atomic mass is 10.1. The Labute approximate surface area is 154 Å². The van der Waals surface area contributed by atoms with Crippen LogP contribution in [0.25, 0.3) is 0 Å². The summed E-state index contributed by atoms with van der Waals surface area (Å²) in [4.78, 5) is 34.2. The van der Waals surface area contributed by atoms with Crippen molar-refractivity contribution in [1.29, 1.82) is 0 Å². The van der Waals surface area contributed by atoms with E-state index in [0.29, 0.717) is 17.8 Å². The fourth-order valence-electron chi connectivity index (χ4n) is 2.13. The van der Waals surface area contributed by atoms with Crippen molar-refractivity contribution in [3.05, 3.63) is 69.8 Å². The number of nitrogens with one attached hydrogen (secondary N) is 3. The molecule has 2 aromatic rings. The van der Waals surface area contributed by atoms with Crippen molar-refractivity contribution in [2.45, 2.75) is 6.92 Å². The van der Waals surface area contributed by atoms with Crippen molar-refractivity contribution >= 4 is 40.5 Å². The van der Waals surface area contributed by atoms with Crippen LogP contribution >= 0.6 is 12.2 Å². The summed E-state index contributed by atoms with van der Waals surface area (Å²) in [6.07, 6.45) is 0. The van der Waals surface area contributed by atoms with Crippen molar-refractivity contribution in [1.82, 2.24) is 10.6 Å². The molecule has 2 rings (SSSR count). The van der Waals surface area contributed by atoms with E-state index in [-0.39, 0.29) is 22.3 Å². The Morgan fingerprint density at radius 1 is 1.08 bits per heavy atom. The average molecular weight is 372 g/mol. The maximum Gasteiger partial charge on any atom is 0.282 e. The van der Waals surface area contributed by atoms with Gasteiger partial charge in [-0.15, -0.1) is 0 Å². The van der Waals surface area contributed by atoms with Gasteiger partial charge in [0.2, 0.25) is 0 Å². The van der Waals surface area contributed by atoms with Crippen molar-refractivity contribution in [2.24, 2.45) is 0 Å². The largest absolute Gasteiger partial charge is 0.352 e. The molecule has 0 aliphatic heterocycles. The number of amides is 2. The molecule has 0 heterocycles. The van der Waals surface area contributed by atoms with E-state index in [4.69, 9.17) is 12.2 Å². The molecule has 0 saturated carbocycles. The first-order valence-electron chi connectivity index (χ1n) is 7.66. The molecule has 0 spiro atoms. The second-order valence-corrected chi connectivity index (χ2v) is 5.53. The van der Waals surface area contributed by atoms with Crippen LogP contribution < -0.4 is 16.0 Å². The summed E-state index contributed by atoms with van der Waals surface area (Å²) in [5.74, 6) is -0.875. The van der Waals surface area contributed by atoms with E-state index >= 15 is 0 Å². The molecule has 0 unspecified atom stereocenters. The fourth-order valence-corrected chi connectivity index (χ4v) is 2.34. The SMILES string of the molecule is CCNC(=O)c1ccc(NC(=S)NC(=O)c2ccccc2[N+](=O)[O-])cc1. The van der Waals surface area contributed by atoms with Gasteiger partial charge in [-0.2, -0.15) is 0 Å². The molecule has 0 aliphatic carbocycles. The summed E-state index contributed by atoms with van der Waals surface area (Å²) < 4.78 is 0. The van der Waals surface area contributed by atoms with Crippen LogP contribution in [0.5, 0.6) is 0 Å². The quantitative estimate of drug-likeness (QED) is 0.422. The van der Waals surface area contributed by atoms with Gasteiger partial charge in [-0.25, -0.2) is 0 Å². The normalized spacial score (nSPS) is 9.88. The van der Waals surface area contributed by atoms with Gasteiger partial charge in [-0.05, 0) is 49.5 Å². The topological polar surface area (TPSA) is 113 Å². The van der Waals surface area contributed by atoms with Gasteiger partial charge in [0.05, 0.1) is 4.92 Å². The number of hydrogen-bond acceptors (Lipinski definition) is 5. The Morgan fingerprint density at radius 2 is 1.73 bits per heavy atom. The maximum atomic E-state index is 12.2. The highest BCUT2D eigenvalue weighted by atomic mass is 32.1. The molecular formula is C17H16N4O4S. The number of thiocarbonyl (C=S) groups is 1. The molecule has 0 bridgehead atoms. The molecule has 0 atom stereocenters. The minimum absolute atomic E-state index is 0.0149. The van der Waals surface area contributed by atoms with E-state index < -0.39 is 10.8 Å². The molecular weight excluding hydrogens is 356 g/mol. The number of carbonyl (C=O) groups excluding carboxylic acids is 2. The third-order valence-corrected chi connectivity index (χ3v) is 3.52. The molecule has 0 radical (unpaired) electrons. The Hall–Kier alpha value is -3.33. The van der Waals surface area contributed by atoms with Gasteiger partial charge in [-0.3, -0.25) is 25.0 Å². The van der Waals surface area contributed by atoms with E-state index in [0.717, 1.165) is 0 Å². The number of nitrogens with zero attached hydrogens (tertiary/aromatic N) is 1. The minimum Gasteiger partial charge on any atom is -0.352 e. The number of carbonyl (C=O) groups is 2. The van der Waals surface area contributed by atoms with Crippen LogP contribution in [-0.4, -0.2) is 28.4 Å². The second-order valence-electron chi connectivity index (χ2n) is 5.12. The summed E-state index contributed by atoms with van der Waals surface area (Å²) in [5.41, 5.74) is 0.658. The lowest BCUT2D eigenvalue weighted by Gasteiger charge is -2.10. The summed E-state index contributed by atoms with van der Waals surface area (Å²) in [7, 11) is 0. The Morgan fingerprint density at radius 3 is 2.35 bits per heavy atom. The molecule has 0 fully saturated rings. The number of hydrogen-bond donors (Lipinski definition) is 3. The van der Waals surface area contributed by atoms with Crippen LogP contribution in [0.15, 0.2) is 48.5 Å². The van der Waals surface area contributed by atoms with E-state index in [1.807, 2.05) is 6.92 Å². The van der Waals surface area contributed by atoms with Crippen LogP contribution in [-0.2, 0) is 0 Å². The number of nitro groups is 1. The molecule has 0 aliphatic rings. The maximum absolute atomic E-state index is 12.2. The fraction of sp³-hybridized carbons (Fsp3) is 0.118. The van der Waals surface area contributed by atoms with Crippen LogP contribution in [0.2, 0.25) is 0 Å². The van der Waals surface area contributed by atoms with Gasteiger partial charge in [0, 0.05) is 23.9 Å². The first-order chi connectivity index (χ1) is 12.4. The van der Waals surface area contributed by atoms with Gasteiger partial charge < -0.3 is 10.6 Å². The van der Waals surface area contributed by atoms with Crippen LogP contribution in [0, 0.1) is 10.1 Å².